The summed E-state index contributed by atoms with van der Waals surface area (Å²) in [5, 5.41) is 0. The molecule has 1 atom stereocenters. The molecule has 1 N–H and O–H groups in total. The molecule has 0 aromatic carbocycles. The van der Waals surface area contributed by atoms with Gasteiger partial charge in [0, 0.05) is 19.0 Å². The number of rotatable bonds is 3. The van der Waals surface area contributed by atoms with Gasteiger partial charge in [-0.1, -0.05) is 13.3 Å². The van der Waals surface area contributed by atoms with Gasteiger partial charge in [0.15, 0.2) is 0 Å². The van der Waals surface area contributed by atoms with Crippen molar-refractivity contribution in [2.45, 2.75) is 39.2 Å². The molecule has 0 radical (unpaired) electrons. The third-order valence-corrected chi connectivity index (χ3v) is 3.90. The molecule has 0 aromatic rings. The molecule has 1 saturated heterocycles. The second kappa shape index (κ2) is 4.27. The van der Waals surface area contributed by atoms with Gasteiger partial charge in [-0.3, -0.25) is 4.79 Å². The molecule has 6 heteroatoms. The zero-order valence-corrected chi connectivity index (χ0v) is 9.30. The number of hydrogen-bond acceptors (Lipinski definition) is 3. The Labute approximate surface area is 84.7 Å². The summed E-state index contributed by atoms with van der Waals surface area (Å²) < 4.78 is 26.4. The third-order valence-electron chi connectivity index (χ3n) is 2.26. The van der Waals surface area contributed by atoms with Gasteiger partial charge in [-0.15, -0.1) is 0 Å². The molecular formula is C8H16N2O3S. The predicted molar refractivity (Wildman–Crippen MR) is 52.8 cm³/mol. The molecule has 0 aliphatic carbocycles. The minimum absolute atomic E-state index is 0.222. The molecule has 0 saturated carbocycles. The van der Waals surface area contributed by atoms with Crippen LogP contribution >= 0.6 is 0 Å². The zero-order valence-electron chi connectivity index (χ0n) is 8.49. The van der Waals surface area contributed by atoms with Gasteiger partial charge in [0.05, 0.1) is 0 Å². The lowest BCUT2D eigenvalue weighted by Gasteiger charge is -2.31. The second-order valence-electron chi connectivity index (χ2n) is 3.55. The minimum Gasteiger partial charge on any atom is -0.274 e. The minimum atomic E-state index is -3.56. The molecule has 0 spiro atoms. The highest BCUT2D eigenvalue weighted by molar-refractivity contribution is 7.87. The van der Waals surface area contributed by atoms with Crippen molar-refractivity contribution in [2.75, 3.05) is 6.54 Å². The van der Waals surface area contributed by atoms with Crippen LogP contribution in [0.3, 0.4) is 0 Å². The highest BCUT2D eigenvalue weighted by atomic mass is 32.2. The standard InChI is InChI=1S/C8H16N2O3S/c1-3-4-5-10-7(2)6-8(11)9-14(10,12)13/h7H,3-6H2,1-2H3,(H,9,11). The molecule has 1 amide bonds. The van der Waals surface area contributed by atoms with E-state index in [0.29, 0.717) is 6.54 Å². The average Bonchev–Trinajstić information content (AvgIpc) is 2.00. The summed E-state index contributed by atoms with van der Waals surface area (Å²) in [6.07, 6.45) is 2.01. The van der Waals surface area contributed by atoms with E-state index in [1.165, 1.54) is 4.31 Å². The predicted octanol–water partition coefficient (Wildman–Crippen LogP) is 0.242. The number of amides is 1. The highest BCUT2D eigenvalue weighted by Gasteiger charge is 2.34. The summed E-state index contributed by atoms with van der Waals surface area (Å²) in [5.74, 6) is -0.412. The maximum absolute atomic E-state index is 11.5. The number of carbonyl (C=O) groups is 1. The quantitative estimate of drug-likeness (QED) is 0.741. The van der Waals surface area contributed by atoms with Crippen LogP contribution < -0.4 is 4.72 Å². The molecule has 5 nitrogen and oxygen atoms in total. The van der Waals surface area contributed by atoms with E-state index in [-0.39, 0.29) is 12.5 Å². The van der Waals surface area contributed by atoms with Crippen molar-refractivity contribution in [3.8, 4) is 0 Å². The van der Waals surface area contributed by atoms with Crippen LogP contribution in [-0.4, -0.2) is 31.2 Å². The lowest BCUT2D eigenvalue weighted by atomic mass is 10.2. The van der Waals surface area contributed by atoms with E-state index < -0.39 is 16.1 Å². The summed E-state index contributed by atoms with van der Waals surface area (Å²) >= 11 is 0. The van der Waals surface area contributed by atoms with E-state index in [4.69, 9.17) is 0 Å². The molecule has 1 heterocycles. The molecule has 1 rings (SSSR count). The molecule has 1 aliphatic heterocycles. The Morgan fingerprint density at radius 1 is 1.57 bits per heavy atom. The lowest BCUT2D eigenvalue weighted by Crippen LogP contribution is -2.54. The molecule has 1 aliphatic rings. The van der Waals surface area contributed by atoms with E-state index >= 15 is 0 Å². The Morgan fingerprint density at radius 3 is 2.71 bits per heavy atom. The summed E-state index contributed by atoms with van der Waals surface area (Å²) in [7, 11) is -3.56. The van der Waals surface area contributed by atoms with E-state index in [0.717, 1.165) is 12.8 Å². The number of nitrogens with zero attached hydrogens (tertiary/aromatic N) is 1. The van der Waals surface area contributed by atoms with Crippen LogP contribution in [0, 0.1) is 0 Å². The largest absolute Gasteiger partial charge is 0.304 e. The van der Waals surface area contributed by atoms with E-state index in [1.807, 2.05) is 11.6 Å². The van der Waals surface area contributed by atoms with E-state index in [9.17, 15) is 13.2 Å². The molecule has 82 valence electrons. The van der Waals surface area contributed by atoms with Crippen molar-refractivity contribution in [1.29, 1.82) is 0 Å². The molecular weight excluding hydrogens is 204 g/mol. The van der Waals surface area contributed by atoms with Crippen LogP contribution in [0.5, 0.6) is 0 Å². The molecule has 14 heavy (non-hydrogen) atoms. The Balaban J connectivity index is 2.75. The molecule has 1 unspecified atom stereocenters. The Hall–Kier alpha value is -0.620. The first kappa shape index (κ1) is 11.5. The van der Waals surface area contributed by atoms with Crippen molar-refractivity contribution in [1.82, 2.24) is 9.03 Å². The van der Waals surface area contributed by atoms with Gasteiger partial charge in [0.2, 0.25) is 5.91 Å². The monoisotopic (exact) mass is 220 g/mol. The van der Waals surface area contributed by atoms with Crippen LogP contribution in [0.15, 0.2) is 0 Å². The van der Waals surface area contributed by atoms with Crippen molar-refractivity contribution in [3.63, 3.8) is 0 Å². The fourth-order valence-electron chi connectivity index (χ4n) is 1.51. The smallest absolute Gasteiger partial charge is 0.274 e. The van der Waals surface area contributed by atoms with Gasteiger partial charge in [0.25, 0.3) is 0 Å². The van der Waals surface area contributed by atoms with Gasteiger partial charge in [-0.2, -0.15) is 12.7 Å². The summed E-state index contributed by atoms with van der Waals surface area (Å²) in [6.45, 7) is 4.24. The van der Waals surface area contributed by atoms with E-state index in [1.54, 1.807) is 6.92 Å². The van der Waals surface area contributed by atoms with Crippen molar-refractivity contribution in [3.05, 3.63) is 0 Å². The molecule has 1 fully saturated rings. The first-order valence-electron chi connectivity index (χ1n) is 4.79. The van der Waals surface area contributed by atoms with Crippen LogP contribution in [0.2, 0.25) is 0 Å². The van der Waals surface area contributed by atoms with Crippen LogP contribution in [-0.2, 0) is 15.0 Å². The topological polar surface area (TPSA) is 66.5 Å². The summed E-state index contributed by atoms with van der Waals surface area (Å²) in [4.78, 5) is 11.0. The summed E-state index contributed by atoms with van der Waals surface area (Å²) in [5.41, 5.74) is 0. The first-order valence-corrected chi connectivity index (χ1v) is 6.23. The lowest BCUT2D eigenvalue weighted by molar-refractivity contribution is -0.121. The average molecular weight is 220 g/mol. The number of carbonyl (C=O) groups excluding carboxylic acids is 1. The van der Waals surface area contributed by atoms with Gasteiger partial charge >= 0.3 is 10.2 Å². The van der Waals surface area contributed by atoms with Crippen molar-refractivity contribution >= 4 is 16.1 Å². The number of hydrogen-bond donors (Lipinski definition) is 1. The van der Waals surface area contributed by atoms with Gasteiger partial charge < -0.3 is 0 Å². The van der Waals surface area contributed by atoms with Crippen molar-refractivity contribution < 1.29 is 13.2 Å². The maximum atomic E-state index is 11.5. The van der Waals surface area contributed by atoms with Gasteiger partial charge in [-0.05, 0) is 13.3 Å². The number of unbranched alkanes of at least 4 members (excludes halogenated alkanes) is 1. The Morgan fingerprint density at radius 2 is 2.21 bits per heavy atom. The Kier molecular flexibility index (Phi) is 3.49. The van der Waals surface area contributed by atoms with Gasteiger partial charge in [0.1, 0.15) is 0 Å². The van der Waals surface area contributed by atoms with E-state index in [2.05, 4.69) is 0 Å². The number of nitrogens with one attached hydrogen (secondary N) is 1. The van der Waals surface area contributed by atoms with Crippen LogP contribution in [0.1, 0.15) is 33.1 Å². The van der Waals surface area contributed by atoms with Crippen molar-refractivity contribution in [2.24, 2.45) is 0 Å². The van der Waals surface area contributed by atoms with Crippen LogP contribution in [0.4, 0.5) is 0 Å². The molecule has 0 aromatic heterocycles. The normalized spacial score (nSPS) is 27.3. The fraction of sp³-hybridized carbons (Fsp3) is 0.875. The fourth-order valence-corrected chi connectivity index (χ4v) is 2.91. The first-order chi connectivity index (χ1) is 6.47. The highest BCUT2D eigenvalue weighted by Crippen LogP contribution is 2.15. The SMILES string of the molecule is CCCCN1C(C)CC(=O)NS1(=O)=O. The Bertz CT molecular complexity index is 313. The van der Waals surface area contributed by atoms with Gasteiger partial charge in [-0.25, -0.2) is 4.72 Å². The molecule has 0 bridgehead atoms. The second-order valence-corrected chi connectivity index (χ2v) is 5.17. The van der Waals surface area contributed by atoms with Crippen LogP contribution in [0.25, 0.3) is 0 Å². The zero-order chi connectivity index (χ0) is 10.8. The summed E-state index contributed by atoms with van der Waals surface area (Å²) in [6, 6.07) is -0.222. The maximum Gasteiger partial charge on any atom is 0.304 e. The third kappa shape index (κ3) is 2.45.